The molecule has 2 rings (SSSR count). The van der Waals surface area contributed by atoms with Crippen LogP contribution < -0.4 is 5.32 Å². The molecule has 0 fully saturated rings. The van der Waals surface area contributed by atoms with Gasteiger partial charge in [-0.1, -0.05) is 11.6 Å². The number of nitriles is 1. The topological polar surface area (TPSA) is 70.2 Å². The largest absolute Gasteiger partial charge is 0.339 e. The molecule has 0 radical (unpaired) electrons. The molecule has 0 aliphatic rings. The van der Waals surface area contributed by atoms with E-state index in [2.05, 4.69) is 10.4 Å². The minimum absolute atomic E-state index is 0.480. The minimum atomic E-state index is -0.741. The predicted molar refractivity (Wildman–Crippen MR) is 57.8 cm³/mol. The third kappa shape index (κ3) is 1.59. The second kappa shape index (κ2) is 4.21. The van der Waals surface area contributed by atoms with Gasteiger partial charge in [0.2, 0.25) is 6.41 Å². The Kier molecular flexibility index (Phi) is 2.75. The van der Waals surface area contributed by atoms with E-state index in [1.165, 1.54) is 6.20 Å². The van der Waals surface area contributed by atoms with Crippen molar-refractivity contribution < 1.29 is 4.79 Å². The van der Waals surface area contributed by atoms with Crippen LogP contribution in [0.1, 0.15) is 11.6 Å². The van der Waals surface area contributed by atoms with E-state index in [0.29, 0.717) is 22.5 Å². The Hall–Kier alpha value is -2.06. The van der Waals surface area contributed by atoms with Gasteiger partial charge in [-0.3, -0.25) is 4.79 Å². The van der Waals surface area contributed by atoms with Crippen molar-refractivity contribution in [3.05, 3.63) is 35.1 Å². The molecule has 2 aromatic heterocycles. The summed E-state index contributed by atoms with van der Waals surface area (Å²) in [5.41, 5.74) is 1.21. The number of amides is 1. The number of rotatable bonds is 3. The highest BCUT2D eigenvalue weighted by atomic mass is 35.5. The fraction of sp³-hybridized carbons (Fsp3) is 0.100. The molecular formula is C10H7ClN4O. The standard InChI is InChI=1S/C10H7ClN4O/c11-8-2-1-3-15-10(8)7(5-14-15)9(4-12)13-6-16/h1-3,5-6,9H,(H,13,16). The van der Waals surface area contributed by atoms with Gasteiger partial charge in [0.15, 0.2) is 0 Å². The van der Waals surface area contributed by atoms with E-state index in [-0.39, 0.29) is 0 Å². The summed E-state index contributed by atoms with van der Waals surface area (Å²) in [6.07, 6.45) is 3.72. The van der Waals surface area contributed by atoms with Crippen LogP contribution in [0.4, 0.5) is 0 Å². The Morgan fingerprint density at radius 2 is 2.50 bits per heavy atom. The third-order valence-corrected chi connectivity index (χ3v) is 2.50. The van der Waals surface area contributed by atoms with Crippen molar-refractivity contribution in [2.75, 3.05) is 0 Å². The predicted octanol–water partition coefficient (Wildman–Crippen LogP) is 1.30. The zero-order chi connectivity index (χ0) is 11.5. The average Bonchev–Trinajstić information content (AvgIpc) is 2.71. The van der Waals surface area contributed by atoms with Gasteiger partial charge in [0.05, 0.1) is 22.8 Å². The van der Waals surface area contributed by atoms with Crippen LogP contribution in [0.25, 0.3) is 5.52 Å². The molecule has 0 aliphatic carbocycles. The van der Waals surface area contributed by atoms with Crippen LogP contribution in [0, 0.1) is 11.3 Å². The molecule has 0 spiro atoms. The number of nitrogens with one attached hydrogen (secondary N) is 1. The first kappa shape index (κ1) is 10.5. The number of carbonyl (C=O) groups is 1. The monoisotopic (exact) mass is 234 g/mol. The van der Waals surface area contributed by atoms with Gasteiger partial charge >= 0.3 is 0 Å². The first-order valence-corrected chi connectivity index (χ1v) is 4.86. The van der Waals surface area contributed by atoms with Gasteiger partial charge in [-0.05, 0) is 12.1 Å². The van der Waals surface area contributed by atoms with E-state index < -0.39 is 6.04 Å². The lowest BCUT2D eigenvalue weighted by atomic mass is 10.1. The molecule has 1 N–H and O–H groups in total. The van der Waals surface area contributed by atoms with Gasteiger partial charge in [0, 0.05) is 11.8 Å². The lowest BCUT2D eigenvalue weighted by Gasteiger charge is -2.06. The van der Waals surface area contributed by atoms with Crippen LogP contribution >= 0.6 is 11.6 Å². The fourth-order valence-electron chi connectivity index (χ4n) is 1.50. The lowest BCUT2D eigenvalue weighted by molar-refractivity contribution is -0.109. The molecule has 2 heterocycles. The number of halogens is 1. The minimum Gasteiger partial charge on any atom is -0.339 e. The summed E-state index contributed by atoms with van der Waals surface area (Å²) < 4.78 is 1.56. The maximum Gasteiger partial charge on any atom is 0.208 e. The molecule has 6 heteroatoms. The quantitative estimate of drug-likeness (QED) is 0.814. The number of hydrogen-bond acceptors (Lipinski definition) is 3. The summed E-state index contributed by atoms with van der Waals surface area (Å²) >= 11 is 6.02. The Balaban J connectivity index is 2.61. The molecule has 80 valence electrons. The van der Waals surface area contributed by atoms with Crippen LogP contribution in [0.15, 0.2) is 24.5 Å². The number of nitrogens with zero attached hydrogens (tertiary/aromatic N) is 3. The summed E-state index contributed by atoms with van der Waals surface area (Å²) in [7, 11) is 0. The van der Waals surface area contributed by atoms with E-state index >= 15 is 0 Å². The lowest BCUT2D eigenvalue weighted by Crippen LogP contribution is -2.17. The second-order valence-corrected chi connectivity index (χ2v) is 3.50. The Morgan fingerprint density at radius 3 is 3.19 bits per heavy atom. The van der Waals surface area contributed by atoms with Crippen molar-refractivity contribution in [2.24, 2.45) is 0 Å². The maximum absolute atomic E-state index is 10.4. The normalized spacial score (nSPS) is 12.0. The molecule has 2 aromatic rings. The Morgan fingerprint density at radius 1 is 1.69 bits per heavy atom. The first-order valence-electron chi connectivity index (χ1n) is 4.49. The van der Waals surface area contributed by atoms with Crippen LogP contribution in [0.2, 0.25) is 5.02 Å². The highest BCUT2D eigenvalue weighted by Crippen LogP contribution is 2.24. The molecule has 0 saturated carbocycles. The Bertz CT molecular complexity index is 572. The molecule has 0 aliphatic heterocycles. The van der Waals surface area contributed by atoms with Gasteiger partial charge in [-0.15, -0.1) is 0 Å². The van der Waals surface area contributed by atoms with Crippen molar-refractivity contribution in [1.29, 1.82) is 5.26 Å². The molecule has 1 atom stereocenters. The zero-order valence-corrected chi connectivity index (χ0v) is 8.85. The molecule has 0 saturated heterocycles. The van der Waals surface area contributed by atoms with Crippen molar-refractivity contribution in [1.82, 2.24) is 14.9 Å². The maximum atomic E-state index is 10.4. The van der Waals surface area contributed by atoms with Crippen LogP contribution in [0.3, 0.4) is 0 Å². The molecule has 5 nitrogen and oxygen atoms in total. The SMILES string of the molecule is N#CC(NC=O)c1cnn2cccc(Cl)c12. The third-order valence-electron chi connectivity index (χ3n) is 2.19. The summed E-state index contributed by atoms with van der Waals surface area (Å²) in [5, 5.41) is 15.9. The molecule has 1 amide bonds. The van der Waals surface area contributed by atoms with Gasteiger partial charge in [0.1, 0.15) is 6.04 Å². The van der Waals surface area contributed by atoms with Crippen LogP contribution in [0.5, 0.6) is 0 Å². The smallest absolute Gasteiger partial charge is 0.208 e. The Labute approximate surface area is 96.2 Å². The van der Waals surface area contributed by atoms with Crippen LogP contribution in [-0.4, -0.2) is 16.0 Å². The van der Waals surface area contributed by atoms with E-state index in [1.54, 1.807) is 22.8 Å². The highest BCUT2D eigenvalue weighted by Gasteiger charge is 2.16. The number of pyridine rings is 1. The van der Waals surface area contributed by atoms with Gasteiger partial charge in [-0.2, -0.15) is 10.4 Å². The first-order chi connectivity index (χ1) is 7.77. The molecule has 1 unspecified atom stereocenters. The van der Waals surface area contributed by atoms with E-state index in [0.717, 1.165) is 0 Å². The van der Waals surface area contributed by atoms with Crippen molar-refractivity contribution in [2.45, 2.75) is 6.04 Å². The van der Waals surface area contributed by atoms with E-state index in [9.17, 15) is 4.79 Å². The molecule has 0 aromatic carbocycles. The average molecular weight is 235 g/mol. The summed E-state index contributed by atoms with van der Waals surface area (Å²) in [6, 6.07) is 4.69. The highest BCUT2D eigenvalue weighted by molar-refractivity contribution is 6.34. The number of hydrogen-bond donors (Lipinski definition) is 1. The zero-order valence-electron chi connectivity index (χ0n) is 8.09. The van der Waals surface area contributed by atoms with Crippen molar-refractivity contribution in [3.8, 4) is 6.07 Å². The van der Waals surface area contributed by atoms with Gasteiger partial charge in [-0.25, -0.2) is 4.52 Å². The van der Waals surface area contributed by atoms with Crippen molar-refractivity contribution >= 4 is 23.5 Å². The van der Waals surface area contributed by atoms with Gasteiger partial charge < -0.3 is 5.32 Å². The van der Waals surface area contributed by atoms with E-state index in [4.69, 9.17) is 16.9 Å². The second-order valence-electron chi connectivity index (χ2n) is 3.10. The van der Waals surface area contributed by atoms with Crippen LogP contribution in [-0.2, 0) is 4.79 Å². The number of carbonyl (C=O) groups excluding carboxylic acids is 1. The summed E-state index contributed by atoms with van der Waals surface area (Å²) in [6.45, 7) is 0. The number of fused-ring (bicyclic) bond motifs is 1. The number of aromatic nitrogens is 2. The summed E-state index contributed by atoms with van der Waals surface area (Å²) in [4.78, 5) is 10.4. The molecule has 0 bridgehead atoms. The van der Waals surface area contributed by atoms with E-state index in [1.807, 2.05) is 6.07 Å². The fourth-order valence-corrected chi connectivity index (χ4v) is 1.77. The van der Waals surface area contributed by atoms with Crippen molar-refractivity contribution in [3.63, 3.8) is 0 Å². The summed E-state index contributed by atoms with van der Waals surface area (Å²) in [5.74, 6) is 0. The molecular weight excluding hydrogens is 228 g/mol. The van der Waals surface area contributed by atoms with Gasteiger partial charge in [0.25, 0.3) is 0 Å². The molecule has 16 heavy (non-hydrogen) atoms.